The Bertz CT molecular complexity index is 347. The molecule has 1 rings (SSSR count). The van der Waals surface area contributed by atoms with Crippen molar-refractivity contribution in [2.75, 3.05) is 6.54 Å². The number of aldehydes is 1. The van der Waals surface area contributed by atoms with Crippen molar-refractivity contribution in [3.63, 3.8) is 0 Å². The van der Waals surface area contributed by atoms with Crippen LogP contribution in [0.3, 0.4) is 0 Å². The monoisotopic (exact) mass is 173 g/mol. The van der Waals surface area contributed by atoms with Crippen LogP contribution in [0.5, 0.6) is 0 Å². The third kappa shape index (κ3) is 2.73. The van der Waals surface area contributed by atoms with Gasteiger partial charge in [0, 0.05) is 24.1 Å². The summed E-state index contributed by atoms with van der Waals surface area (Å²) in [4.78, 5) is 10.6. The number of hydrogen-bond acceptors (Lipinski definition) is 2. The highest BCUT2D eigenvalue weighted by atomic mass is 16.1. The fourth-order valence-corrected chi connectivity index (χ4v) is 0.944. The molecule has 0 aliphatic heterocycles. The minimum absolute atomic E-state index is 0.552. The van der Waals surface area contributed by atoms with Gasteiger partial charge in [0.05, 0.1) is 0 Å². The van der Waals surface area contributed by atoms with Crippen molar-refractivity contribution in [2.24, 2.45) is 5.73 Å². The number of nitrogens with two attached hydrogens (primary N) is 1. The van der Waals surface area contributed by atoms with Crippen LogP contribution in [0.4, 0.5) is 0 Å². The van der Waals surface area contributed by atoms with E-state index in [1.54, 1.807) is 6.07 Å². The Morgan fingerprint density at radius 2 is 2.15 bits per heavy atom. The number of carbonyl (C=O) groups excluding carboxylic acids is 1. The largest absolute Gasteiger partial charge is 0.330 e. The van der Waals surface area contributed by atoms with Gasteiger partial charge in [-0.2, -0.15) is 0 Å². The predicted molar refractivity (Wildman–Crippen MR) is 52.4 cm³/mol. The van der Waals surface area contributed by atoms with E-state index in [1.165, 1.54) is 0 Å². The normalized spacial score (nSPS) is 8.69. The summed E-state index contributed by atoms with van der Waals surface area (Å²) in [6, 6.07) is 7.25. The first kappa shape index (κ1) is 9.50. The Kier molecular flexibility index (Phi) is 3.74. The van der Waals surface area contributed by atoms with Crippen LogP contribution in [0.25, 0.3) is 0 Å². The SMILES string of the molecule is NCCC#Cc1ccccc1C=O. The molecule has 0 spiro atoms. The molecule has 2 N–H and O–H groups in total. The topological polar surface area (TPSA) is 43.1 Å². The van der Waals surface area contributed by atoms with Gasteiger partial charge in [-0.3, -0.25) is 4.79 Å². The van der Waals surface area contributed by atoms with Crippen LogP contribution >= 0.6 is 0 Å². The van der Waals surface area contributed by atoms with Crippen LogP contribution in [0.1, 0.15) is 22.3 Å². The molecule has 0 saturated carbocycles. The number of carbonyl (C=O) groups is 1. The fraction of sp³-hybridized carbons (Fsp3) is 0.182. The molecule has 0 aromatic heterocycles. The van der Waals surface area contributed by atoms with Gasteiger partial charge < -0.3 is 5.73 Å². The van der Waals surface area contributed by atoms with Gasteiger partial charge in [-0.15, -0.1) is 0 Å². The van der Waals surface area contributed by atoms with E-state index in [4.69, 9.17) is 5.73 Å². The molecule has 1 aromatic rings. The molecular weight excluding hydrogens is 162 g/mol. The summed E-state index contributed by atoms with van der Waals surface area (Å²) in [5.41, 5.74) is 6.69. The van der Waals surface area contributed by atoms with Crippen molar-refractivity contribution in [3.8, 4) is 11.8 Å². The molecule has 0 heterocycles. The van der Waals surface area contributed by atoms with Crippen LogP contribution in [0.15, 0.2) is 24.3 Å². The zero-order chi connectivity index (χ0) is 9.52. The van der Waals surface area contributed by atoms with Crippen LogP contribution < -0.4 is 5.73 Å². The lowest BCUT2D eigenvalue weighted by molar-refractivity contribution is 0.112. The number of benzene rings is 1. The van der Waals surface area contributed by atoms with Crippen molar-refractivity contribution >= 4 is 6.29 Å². The van der Waals surface area contributed by atoms with E-state index < -0.39 is 0 Å². The van der Waals surface area contributed by atoms with Crippen molar-refractivity contribution < 1.29 is 4.79 Å². The first-order valence-corrected chi connectivity index (χ1v) is 4.11. The molecule has 66 valence electrons. The first-order valence-electron chi connectivity index (χ1n) is 4.11. The highest BCUT2D eigenvalue weighted by molar-refractivity contribution is 5.79. The molecule has 1 aromatic carbocycles. The standard InChI is InChI=1S/C11H11NO/c12-8-4-3-6-10-5-1-2-7-11(10)9-13/h1-2,5,7,9H,4,8,12H2. The average molecular weight is 173 g/mol. The fourth-order valence-electron chi connectivity index (χ4n) is 0.944. The summed E-state index contributed by atoms with van der Waals surface area (Å²) in [7, 11) is 0. The Balaban J connectivity index is 2.88. The van der Waals surface area contributed by atoms with E-state index in [9.17, 15) is 4.79 Å². The van der Waals surface area contributed by atoms with Crippen LogP contribution in [0.2, 0.25) is 0 Å². The number of rotatable bonds is 2. The second kappa shape index (κ2) is 5.13. The molecule has 0 unspecified atom stereocenters. The second-order valence-corrected chi connectivity index (χ2v) is 2.55. The molecule has 0 bridgehead atoms. The smallest absolute Gasteiger partial charge is 0.151 e. The van der Waals surface area contributed by atoms with Gasteiger partial charge in [-0.1, -0.05) is 30.0 Å². The van der Waals surface area contributed by atoms with Crippen LogP contribution in [0, 0.1) is 11.8 Å². The number of hydrogen-bond donors (Lipinski definition) is 1. The van der Waals surface area contributed by atoms with E-state index in [2.05, 4.69) is 11.8 Å². The van der Waals surface area contributed by atoms with Gasteiger partial charge in [0.15, 0.2) is 6.29 Å². The molecule has 0 aliphatic carbocycles. The Labute approximate surface area is 77.8 Å². The molecule has 2 heteroatoms. The van der Waals surface area contributed by atoms with Crippen molar-refractivity contribution in [1.29, 1.82) is 0 Å². The second-order valence-electron chi connectivity index (χ2n) is 2.55. The zero-order valence-electron chi connectivity index (χ0n) is 7.29. The minimum atomic E-state index is 0.552. The third-order valence-electron chi connectivity index (χ3n) is 1.58. The molecule has 0 saturated heterocycles. The van der Waals surface area contributed by atoms with Gasteiger partial charge in [0.1, 0.15) is 0 Å². The lowest BCUT2D eigenvalue weighted by Crippen LogP contribution is -1.95. The summed E-state index contributed by atoms with van der Waals surface area (Å²) < 4.78 is 0. The molecule has 0 radical (unpaired) electrons. The first-order chi connectivity index (χ1) is 6.38. The molecule has 0 amide bonds. The van der Waals surface area contributed by atoms with Gasteiger partial charge in [-0.05, 0) is 6.07 Å². The van der Waals surface area contributed by atoms with Crippen molar-refractivity contribution in [1.82, 2.24) is 0 Å². The maximum absolute atomic E-state index is 10.6. The van der Waals surface area contributed by atoms with Crippen LogP contribution in [-0.2, 0) is 0 Å². The summed E-state index contributed by atoms with van der Waals surface area (Å²) >= 11 is 0. The summed E-state index contributed by atoms with van der Waals surface area (Å²) in [6.45, 7) is 0.552. The van der Waals surface area contributed by atoms with E-state index in [0.717, 1.165) is 11.8 Å². The zero-order valence-corrected chi connectivity index (χ0v) is 7.29. The Morgan fingerprint density at radius 1 is 1.38 bits per heavy atom. The lowest BCUT2D eigenvalue weighted by Gasteiger charge is -1.93. The third-order valence-corrected chi connectivity index (χ3v) is 1.58. The molecule has 0 aliphatic rings. The lowest BCUT2D eigenvalue weighted by atomic mass is 10.1. The van der Waals surface area contributed by atoms with E-state index in [0.29, 0.717) is 18.5 Å². The van der Waals surface area contributed by atoms with Gasteiger partial charge >= 0.3 is 0 Å². The molecule has 0 atom stereocenters. The minimum Gasteiger partial charge on any atom is -0.330 e. The van der Waals surface area contributed by atoms with Crippen molar-refractivity contribution in [2.45, 2.75) is 6.42 Å². The van der Waals surface area contributed by atoms with E-state index >= 15 is 0 Å². The average Bonchev–Trinajstić information content (AvgIpc) is 2.19. The molecule has 2 nitrogen and oxygen atoms in total. The predicted octanol–water partition coefficient (Wildman–Crippen LogP) is 1.20. The summed E-state index contributed by atoms with van der Waals surface area (Å²) in [5, 5.41) is 0. The molecule has 0 fully saturated rings. The van der Waals surface area contributed by atoms with E-state index in [-0.39, 0.29) is 0 Å². The molecule has 13 heavy (non-hydrogen) atoms. The van der Waals surface area contributed by atoms with Gasteiger partial charge in [-0.25, -0.2) is 0 Å². The summed E-state index contributed by atoms with van der Waals surface area (Å²) in [6.07, 6.45) is 1.47. The molecular formula is C11H11NO. The van der Waals surface area contributed by atoms with Gasteiger partial charge in [0.2, 0.25) is 0 Å². The maximum Gasteiger partial charge on any atom is 0.151 e. The Hall–Kier alpha value is -1.59. The Morgan fingerprint density at radius 3 is 2.85 bits per heavy atom. The summed E-state index contributed by atoms with van der Waals surface area (Å²) in [5.74, 6) is 5.80. The van der Waals surface area contributed by atoms with Crippen LogP contribution in [-0.4, -0.2) is 12.8 Å². The maximum atomic E-state index is 10.6. The van der Waals surface area contributed by atoms with Gasteiger partial charge in [0.25, 0.3) is 0 Å². The van der Waals surface area contributed by atoms with E-state index in [1.807, 2.05) is 18.2 Å². The van der Waals surface area contributed by atoms with Crippen molar-refractivity contribution in [3.05, 3.63) is 35.4 Å². The highest BCUT2D eigenvalue weighted by Gasteiger charge is 1.94. The highest BCUT2D eigenvalue weighted by Crippen LogP contribution is 2.03. The quantitative estimate of drug-likeness (QED) is 0.539.